The van der Waals surface area contributed by atoms with Crippen LogP contribution in [0.3, 0.4) is 0 Å². The minimum absolute atomic E-state index is 0.0484. The zero-order chi connectivity index (χ0) is 26.7. The molecular formula is C28H22F4N4OS. The third-order valence-electron chi connectivity index (χ3n) is 5.99. The lowest BCUT2D eigenvalue weighted by Crippen LogP contribution is -2.08. The Kier molecular flexibility index (Phi) is 7.44. The Bertz CT molecular complexity index is 1570. The summed E-state index contributed by atoms with van der Waals surface area (Å²) in [7, 11) is 1.57. The first kappa shape index (κ1) is 25.9. The van der Waals surface area contributed by atoms with Gasteiger partial charge in [-0.05, 0) is 35.9 Å². The highest BCUT2D eigenvalue weighted by molar-refractivity contribution is 7.98. The molecule has 2 heterocycles. The Morgan fingerprint density at radius 2 is 1.68 bits per heavy atom. The maximum Gasteiger partial charge on any atom is 0.416 e. The second kappa shape index (κ2) is 10.9. The van der Waals surface area contributed by atoms with E-state index in [1.165, 1.54) is 0 Å². The normalized spacial score (nSPS) is 11.8. The van der Waals surface area contributed by atoms with E-state index in [9.17, 15) is 17.6 Å². The predicted octanol–water partition coefficient (Wildman–Crippen LogP) is 7.26. The smallest absolute Gasteiger partial charge is 0.383 e. The van der Waals surface area contributed by atoms with Crippen molar-refractivity contribution in [3.8, 4) is 22.6 Å². The molecule has 0 bridgehead atoms. The first-order chi connectivity index (χ1) is 18.3. The zero-order valence-corrected chi connectivity index (χ0v) is 21.1. The number of ether oxygens (including phenoxy) is 1. The summed E-state index contributed by atoms with van der Waals surface area (Å²) < 4.78 is 61.0. The first-order valence-corrected chi connectivity index (χ1v) is 12.7. The number of pyridine rings is 1. The van der Waals surface area contributed by atoms with E-state index in [2.05, 4.69) is 10.2 Å². The topological polar surface area (TPSA) is 52.8 Å². The Labute approximate surface area is 220 Å². The van der Waals surface area contributed by atoms with E-state index in [0.29, 0.717) is 24.1 Å². The van der Waals surface area contributed by atoms with Gasteiger partial charge in [0.2, 0.25) is 0 Å². The van der Waals surface area contributed by atoms with Gasteiger partial charge in [-0.1, -0.05) is 60.3 Å². The van der Waals surface area contributed by atoms with E-state index < -0.39 is 17.6 Å². The number of halogens is 4. The molecule has 0 saturated carbocycles. The number of hydrogen-bond donors (Lipinski definition) is 0. The minimum Gasteiger partial charge on any atom is -0.383 e. The number of para-hydroxylation sites is 1. The minimum atomic E-state index is -4.56. The lowest BCUT2D eigenvalue weighted by Gasteiger charge is -2.13. The van der Waals surface area contributed by atoms with E-state index in [1.54, 1.807) is 7.11 Å². The average Bonchev–Trinajstić information content (AvgIpc) is 3.33. The van der Waals surface area contributed by atoms with Gasteiger partial charge < -0.3 is 4.74 Å². The van der Waals surface area contributed by atoms with Crippen molar-refractivity contribution < 1.29 is 22.3 Å². The van der Waals surface area contributed by atoms with Crippen LogP contribution in [0.15, 0.2) is 84.0 Å². The van der Waals surface area contributed by atoms with E-state index in [4.69, 9.17) is 9.72 Å². The number of thioether (sulfide) groups is 1. The van der Waals surface area contributed by atoms with Gasteiger partial charge in [-0.15, -0.1) is 10.2 Å². The van der Waals surface area contributed by atoms with E-state index in [0.717, 1.165) is 57.7 Å². The van der Waals surface area contributed by atoms with Crippen molar-refractivity contribution in [3.05, 3.63) is 95.8 Å². The van der Waals surface area contributed by atoms with Crippen LogP contribution in [0.4, 0.5) is 17.6 Å². The fourth-order valence-electron chi connectivity index (χ4n) is 4.10. The van der Waals surface area contributed by atoms with Crippen molar-refractivity contribution in [1.82, 2.24) is 19.7 Å². The average molecular weight is 539 g/mol. The van der Waals surface area contributed by atoms with Crippen LogP contribution in [0.5, 0.6) is 0 Å². The molecule has 0 aliphatic rings. The predicted molar refractivity (Wildman–Crippen MR) is 139 cm³/mol. The molecule has 194 valence electrons. The molecule has 0 N–H and O–H groups in total. The molecule has 0 unspecified atom stereocenters. The molecule has 0 fully saturated rings. The van der Waals surface area contributed by atoms with Crippen molar-refractivity contribution >= 4 is 22.7 Å². The van der Waals surface area contributed by atoms with Gasteiger partial charge in [-0.25, -0.2) is 9.37 Å². The van der Waals surface area contributed by atoms with Crippen LogP contribution in [0.1, 0.15) is 11.1 Å². The molecule has 0 amide bonds. The van der Waals surface area contributed by atoms with Crippen LogP contribution in [-0.2, 0) is 23.2 Å². The quantitative estimate of drug-likeness (QED) is 0.154. The molecule has 2 aromatic heterocycles. The molecule has 0 saturated heterocycles. The molecule has 0 aliphatic heterocycles. The van der Waals surface area contributed by atoms with Gasteiger partial charge in [0.15, 0.2) is 11.0 Å². The summed E-state index contributed by atoms with van der Waals surface area (Å²) in [4.78, 5) is 4.82. The highest BCUT2D eigenvalue weighted by Crippen LogP contribution is 2.35. The summed E-state index contributed by atoms with van der Waals surface area (Å²) in [5.41, 5.74) is 2.33. The molecular weight excluding hydrogens is 516 g/mol. The van der Waals surface area contributed by atoms with Crippen molar-refractivity contribution in [1.29, 1.82) is 0 Å². The molecule has 3 aromatic carbocycles. The summed E-state index contributed by atoms with van der Waals surface area (Å²) in [5.74, 6) is -0.195. The number of benzene rings is 3. The van der Waals surface area contributed by atoms with Gasteiger partial charge in [0.1, 0.15) is 5.82 Å². The molecule has 0 spiro atoms. The summed E-state index contributed by atoms with van der Waals surface area (Å²) >= 11 is 1.12. The maximum absolute atomic E-state index is 14.4. The van der Waals surface area contributed by atoms with Crippen molar-refractivity contribution in [2.75, 3.05) is 13.7 Å². The third kappa shape index (κ3) is 5.41. The molecule has 10 heteroatoms. The van der Waals surface area contributed by atoms with Gasteiger partial charge in [0.25, 0.3) is 0 Å². The molecule has 0 radical (unpaired) electrons. The summed E-state index contributed by atoms with van der Waals surface area (Å²) in [6.07, 6.45) is -4.56. The number of fused-ring (bicyclic) bond motifs is 1. The molecule has 0 atom stereocenters. The number of nitrogens with zero attached hydrogens (tertiary/aromatic N) is 4. The second-order valence-electron chi connectivity index (χ2n) is 8.48. The van der Waals surface area contributed by atoms with Gasteiger partial charge in [0, 0.05) is 29.4 Å². The molecule has 5 aromatic rings. The third-order valence-corrected chi connectivity index (χ3v) is 7.01. The van der Waals surface area contributed by atoms with E-state index in [-0.39, 0.29) is 11.3 Å². The van der Waals surface area contributed by atoms with Crippen LogP contribution in [0.25, 0.3) is 33.5 Å². The zero-order valence-electron chi connectivity index (χ0n) is 20.2. The summed E-state index contributed by atoms with van der Waals surface area (Å²) in [5, 5.41) is 10.1. The first-order valence-electron chi connectivity index (χ1n) is 11.7. The monoisotopic (exact) mass is 538 g/mol. The Hall–Kier alpha value is -3.76. The van der Waals surface area contributed by atoms with Gasteiger partial charge >= 0.3 is 6.18 Å². The van der Waals surface area contributed by atoms with Crippen molar-refractivity contribution in [3.63, 3.8) is 0 Å². The van der Waals surface area contributed by atoms with Crippen LogP contribution in [-0.4, -0.2) is 33.5 Å². The molecule has 5 nitrogen and oxygen atoms in total. The SMILES string of the molecule is COCCn1c(SCc2cc(C(F)(F)F)ccc2F)nnc1-c1cc(-c2ccccc2)nc2ccccc12. The van der Waals surface area contributed by atoms with Crippen LogP contribution >= 0.6 is 11.8 Å². The number of hydrogen-bond acceptors (Lipinski definition) is 5. The fourth-order valence-corrected chi connectivity index (χ4v) is 5.04. The van der Waals surface area contributed by atoms with Gasteiger partial charge in [-0.3, -0.25) is 4.57 Å². The number of rotatable bonds is 8. The Morgan fingerprint density at radius 3 is 2.45 bits per heavy atom. The summed E-state index contributed by atoms with van der Waals surface area (Å²) in [6.45, 7) is 0.745. The number of aromatic nitrogens is 4. The number of alkyl halides is 3. The van der Waals surface area contributed by atoms with Gasteiger partial charge in [0.05, 0.1) is 29.9 Å². The number of methoxy groups -OCH3 is 1. The van der Waals surface area contributed by atoms with E-state index >= 15 is 0 Å². The standard InChI is InChI=1S/C28H22F4N4OS/c1-37-14-13-36-26(34-35-27(36)38-17-19-15-20(28(30,31)32)11-12-23(19)29)22-16-25(18-7-3-2-4-8-18)33-24-10-6-5-9-21(22)24/h2-12,15-16H,13-14,17H2,1H3. The van der Waals surface area contributed by atoms with Crippen molar-refractivity contribution in [2.45, 2.75) is 23.6 Å². The lowest BCUT2D eigenvalue weighted by atomic mass is 10.0. The largest absolute Gasteiger partial charge is 0.416 e. The molecule has 5 rings (SSSR count). The molecule has 38 heavy (non-hydrogen) atoms. The Morgan fingerprint density at radius 1 is 0.921 bits per heavy atom. The lowest BCUT2D eigenvalue weighted by molar-refractivity contribution is -0.137. The fraction of sp³-hybridized carbons (Fsp3) is 0.179. The van der Waals surface area contributed by atoms with Crippen LogP contribution in [0, 0.1) is 5.82 Å². The summed E-state index contributed by atoms with van der Waals surface area (Å²) in [6, 6.07) is 21.8. The van der Waals surface area contributed by atoms with Crippen molar-refractivity contribution in [2.24, 2.45) is 0 Å². The van der Waals surface area contributed by atoms with Crippen LogP contribution < -0.4 is 0 Å². The highest BCUT2D eigenvalue weighted by Gasteiger charge is 2.31. The van der Waals surface area contributed by atoms with E-state index in [1.807, 2.05) is 65.2 Å². The second-order valence-corrected chi connectivity index (χ2v) is 9.42. The maximum atomic E-state index is 14.4. The Balaban J connectivity index is 1.56. The van der Waals surface area contributed by atoms with Gasteiger partial charge in [-0.2, -0.15) is 13.2 Å². The van der Waals surface area contributed by atoms with Crippen LogP contribution in [0.2, 0.25) is 0 Å². The highest BCUT2D eigenvalue weighted by atomic mass is 32.2. The molecule has 0 aliphatic carbocycles.